The van der Waals surface area contributed by atoms with Gasteiger partial charge in [-0.3, -0.25) is 10.1 Å². The van der Waals surface area contributed by atoms with Crippen molar-refractivity contribution in [2.24, 2.45) is 5.16 Å². The number of benzene rings is 1. The molecule has 0 aliphatic rings. The van der Waals surface area contributed by atoms with Crippen molar-refractivity contribution in [1.29, 1.82) is 0 Å². The lowest BCUT2D eigenvalue weighted by atomic mass is 10.2. The third kappa shape index (κ3) is 1.98. The summed E-state index contributed by atoms with van der Waals surface area (Å²) in [5, 5.41) is 20.9. The first-order valence-corrected chi connectivity index (χ1v) is 3.26. The van der Waals surface area contributed by atoms with Crippen LogP contribution >= 0.6 is 0 Å². The highest BCUT2D eigenvalue weighted by atomic mass is 19.1. The van der Waals surface area contributed by atoms with Gasteiger partial charge in [0, 0.05) is 6.07 Å². The van der Waals surface area contributed by atoms with Gasteiger partial charge in [-0.2, -0.15) is 4.39 Å². The summed E-state index contributed by atoms with van der Waals surface area (Å²) in [6, 6.07) is 3.20. The van der Waals surface area contributed by atoms with E-state index in [1.54, 1.807) is 0 Å². The molecule has 0 aliphatic heterocycles. The molecule has 0 spiro atoms. The third-order valence-corrected chi connectivity index (χ3v) is 1.38. The van der Waals surface area contributed by atoms with Crippen molar-refractivity contribution in [3.63, 3.8) is 0 Å². The average Bonchev–Trinajstić information content (AvgIpc) is 2.04. The molecule has 0 amide bonds. The van der Waals surface area contributed by atoms with Crippen molar-refractivity contribution in [1.82, 2.24) is 0 Å². The van der Waals surface area contributed by atoms with Gasteiger partial charge in [-0.15, -0.1) is 0 Å². The van der Waals surface area contributed by atoms with Crippen molar-refractivity contribution >= 4 is 11.9 Å². The van der Waals surface area contributed by atoms with Crippen molar-refractivity contribution in [2.75, 3.05) is 0 Å². The molecule has 5 nitrogen and oxygen atoms in total. The number of oxime groups is 1. The Balaban J connectivity index is 3.12. The number of nitro benzene ring substituents is 1. The Bertz CT molecular complexity index is 365. The van der Waals surface area contributed by atoms with Crippen molar-refractivity contribution < 1.29 is 14.5 Å². The van der Waals surface area contributed by atoms with E-state index in [9.17, 15) is 14.5 Å². The fraction of sp³-hybridized carbons (Fsp3) is 0. The van der Waals surface area contributed by atoms with Crippen molar-refractivity contribution in [2.45, 2.75) is 0 Å². The fourth-order valence-corrected chi connectivity index (χ4v) is 0.818. The van der Waals surface area contributed by atoms with E-state index in [2.05, 4.69) is 5.16 Å². The zero-order valence-corrected chi connectivity index (χ0v) is 6.35. The van der Waals surface area contributed by atoms with Crippen LogP contribution in [0.4, 0.5) is 10.1 Å². The summed E-state index contributed by atoms with van der Waals surface area (Å²) < 4.78 is 12.8. The smallest absolute Gasteiger partial charge is 0.304 e. The predicted octanol–water partition coefficient (Wildman–Crippen LogP) is 1.54. The maximum absolute atomic E-state index is 12.8. The van der Waals surface area contributed by atoms with E-state index in [1.807, 2.05) is 0 Å². The molecule has 0 aliphatic carbocycles. The number of hydrogen-bond donors (Lipinski definition) is 1. The Morgan fingerprint density at radius 3 is 2.77 bits per heavy atom. The Hall–Kier alpha value is -1.98. The number of nitro groups is 1. The van der Waals surface area contributed by atoms with Crippen LogP contribution in [0.1, 0.15) is 5.56 Å². The van der Waals surface area contributed by atoms with E-state index in [0.29, 0.717) is 0 Å². The van der Waals surface area contributed by atoms with E-state index in [4.69, 9.17) is 5.21 Å². The minimum Gasteiger partial charge on any atom is -0.411 e. The van der Waals surface area contributed by atoms with Gasteiger partial charge in [0.2, 0.25) is 5.82 Å². The minimum absolute atomic E-state index is 0.255. The molecule has 13 heavy (non-hydrogen) atoms. The molecule has 68 valence electrons. The lowest BCUT2D eigenvalue weighted by molar-refractivity contribution is -0.387. The molecule has 0 fully saturated rings. The molecule has 0 saturated carbocycles. The van der Waals surface area contributed by atoms with Gasteiger partial charge in [0.05, 0.1) is 11.1 Å². The van der Waals surface area contributed by atoms with Crippen LogP contribution in [0.25, 0.3) is 0 Å². The highest BCUT2D eigenvalue weighted by Crippen LogP contribution is 2.16. The SMILES string of the molecule is O=[N+]([O-])c1ccc(/C=N\O)cc1F. The van der Waals surface area contributed by atoms with Crippen LogP contribution in [0.5, 0.6) is 0 Å². The maximum atomic E-state index is 12.8. The summed E-state index contributed by atoms with van der Waals surface area (Å²) in [5.74, 6) is -0.956. The van der Waals surface area contributed by atoms with E-state index >= 15 is 0 Å². The topological polar surface area (TPSA) is 75.7 Å². The van der Waals surface area contributed by atoms with Gasteiger partial charge in [-0.1, -0.05) is 5.16 Å². The molecule has 1 aromatic carbocycles. The summed E-state index contributed by atoms with van der Waals surface area (Å²) in [6.45, 7) is 0. The van der Waals surface area contributed by atoms with Gasteiger partial charge >= 0.3 is 5.69 Å². The molecule has 0 saturated heterocycles. The lowest BCUT2D eigenvalue weighted by Gasteiger charge is -1.94. The Labute approximate surface area is 72.3 Å². The minimum atomic E-state index is -0.956. The summed E-state index contributed by atoms with van der Waals surface area (Å²) in [5.41, 5.74) is -0.347. The Kier molecular flexibility index (Phi) is 2.53. The monoisotopic (exact) mass is 184 g/mol. The van der Waals surface area contributed by atoms with Crippen LogP contribution in [0.2, 0.25) is 0 Å². The van der Waals surface area contributed by atoms with E-state index in [-0.39, 0.29) is 5.56 Å². The molecule has 1 rings (SSSR count). The molecule has 0 bridgehead atoms. The molecule has 1 aromatic rings. The molecule has 0 heterocycles. The number of hydrogen-bond acceptors (Lipinski definition) is 4. The number of nitrogens with zero attached hydrogens (tertiary/aromatic N) is 2. The van der Waals surface area contributed by atoms with Gasteiger partial charge in [0.1, 0.15) is 0 Å². The molecule has 0 unspecified atom stereocenters. The summed E-state index contributed by atoms with van der Waals surface area (Å²) in [4.78, 5) is 9.35. The first kappa shape index (κ1) is 9.11. The summed E-state index contributed by atoms with van der Waals surface area (Å²) >= 11 is 0. The Morgan fingerprint density at radius 1 is 1.62 bits per heavy atom. The van der Waals surface area contributed by atoms with Gasteiger partial charge < -0.3 is 5.21 Å². The molecular formula is C7H5FN2O3. The summed E-state index contributed by atoms with van der Waals surface area (Å²) in [6.07, 6.45) is 0.979. The molecule has 0 atom stereocenters. The second-order valence-corrected chi connectivity index (χ2v) is 2.21. The van der Waals surface area contributed by atoms with Crippen LogP contribution in [-0.4, -0.2) is 16.3 Å². The fourth-order valence-electron chi connectivity index (χ4n) is 0.818. The van der Waals surface area contributed by atoms with Gasteiger partial charge in [0.25, 0.3) is 0 Å². The normalized spacial score (nSPS) is 10.5. The quantitative estimate of drug-likeness (QED) is 0.328. The Morgan fingerprint density at radius 2 is 2.31 bits per heavy atom. The largest absolute Gasteiger partial charge is 0.411 e. The van der Waals surface area contributed by atoms with Gasteiger partial charge in [0.15, 0.2) is 0 Å². The molecule has 0 aromatic heterocycles. The van der Waals surface area contributed by atoms with Crippen LogP contribution in [-0.2, 0) is 0 Å². The molecule has 1 N–H and O–H groups in total. The van der Waals surface area contributed by atoms with Crippen molar-refractivity contribution in [3.8, 4) is 0 Å². The van der Waals surface area contributed by atoms with Crippen LogP contribution in [0.3, 0.4) is 0 Å². The third-order valence-electron chi connectivity index (χ3n) is 1.38. The zero-order valence-electron chi connectivity index (χ0n) is 6.35. The maximum Gasteiger partial charge on any atom is 0.304 e. The first-order valence-electron chi connectivity index (χ1n) is 3.26. The van der Waals surface area contributed by atoms with Crippen LogP contribution in [0.15, 0.2) is 23.4 Å². The second kappa shape index (κ2) is 3.61. The zero-order chi connectivity index (χ0) is 9.84. The second-order valence-electron chi connectivity index (χ2n) is 2.21. The highest BCUT2D eigenvalue weighted by molar-refractivity contribution is 5.79. The van der Waals surface area contributed by atoms with Gasteiger partial charge in [-0.05, 0) is 17.7 Å². The summed E-state index contributed by atoms with van der Waals surface area (Å²) in [7, 11) is 0. The highest BCUT2D eigenvalue weighted by Gasteiger charge is 2.12. The molecule has 0 radical (unpaired) electrons. The van der Waals surface area contributed by atoms with Crippen LogP contribution < -0.4 is 0 Å². The van der Waals surface area contributed by atoms with Crippen molar-refractivity contribution in [3.05, 3.63) is 39.7 Å². The lowest BCUT2D eigenvalue weighted by Crippen LogP contribution is -1.93. The molecular weight excluding hydrogens is 179 g/mol. The average molecular weight is 184 g/mol. The van der Waals surface area contributed by atoms with E-state index in [1.165, 1.54) is 6.07 Å². The first-order chi connectivity index (χ1) is 6.15. The standard InChI is InChI=1S/C7H5FN2O3/c8-6-3-5(4-9-11)1-2-7(6)10(12)13/h1-4,11H/b9-4-. The molecule has 6 heteroatoms. The van der Waals surface area contributed by atoms with Crippen LogP contribution in [0, 0.1) is 15.9 Å². The van der Waals surface area contributed by atoms with E-state index in [0.717, 1.165) is 18.3 Å². The number of rotatable bonds is 2. The van der Waals surface area contributed by atoms with Gasteiger partial charge in [-0.25, -0.2) is 0 Å². The predicted molar refractivity (Wildman–Crippen MR) is 42.4 cm³/mol. The van der Waals surface area contributed by atoms with E-state index < -0.39 is 16.4 Å². The number of halogens is 1.